The summed E-state index contributed by atoms with van der Waals surface area (Å²) in [6.07, 6.45) is -0.0531. The lowest BCUT2D eigenvalue weighted by atomic mass is 10.3. The number of halogens is 1. The minimum Gasteiger partial charge on any atom is -0.379 e. The highest BCUT2D eigenvalue weighted by atomic mass is 79.9. The smallest absolute Gasteiger partial charge is 0.199 e. The van der Waals surface area contributed by atoms with Crippen molar-refractivity contribution in [2.75, 3.05) is 19.8 Å². The van der Waals surface area contributed by atoms with Gasteiger partial charge in [-0.1, -0.05) is 0 Å². The molecule has 0 radical (unpaired) electrons. The number of carbonyl (C=O) groups is 1. The van der Waals surface area contributed by atoms with Crippen LogP contribution in [-0.2, 0) is 9.47 Å². The first-order valence-electron chi connectivity index (χ1n) is 5.10. The van der Waals surface area contributed by atoms with Crippen LogP contribution in [0.25, 0.3) is 0 Å². The van der Waals surface area contributed by atoms with E-state index in [9.17, 15) is 4.79 Å². The van der Waals surface area contributed by atoms with E-state index in [1.54, 1.807) is 0 Å². The van der Waals surface area contributed by atoms with Crippen LogP contribution in [0.5, 0.6) is 0 Å². The lowest BCUT2D eigenvalue weighted by Gasteiger charge is -2.11. The summed E-state index contributed by atoms with van der Waals surface area (Å²) in [5.41, 5.74) is 0. The number of thiophene rings is 1. The summed E-state index contributed by atoms with van der Waals surface area (Å²) in [6.45, 7) is 5.12. The molecule has 16 heavy (non-hydrogen) atoms. The summed E-state index contributed by atoms with van der Waals surface area (Å²) < 4.78 is 11.4. The number of carbonyl (C=O) groups excluding carboxylic acids is 1. The van der Waals surface area contributed by atoms with Crippen molar-refractivity contribution in [1.29, 1.82) is 0 Å². The van der Waals surface area contributed by atoms with Gasteiger partial charge in [0.05, 0.1) is 17.6 Å². The largest absolute Gasteiger partial charge is 0.379 e. The lowest BCUT2D eigenvalue weighted by Crippen LogP contribution is -2.20. The first-order chi connectivity index (χ1) is 7.65. The van der Waals surface area contributed by atoms with Gasteiger partial charge in [0, 0.05) is 11.1 Å². The Balaban J connectivity index is 2.33. The van der Waals surface area contributed by atoms with Gasteiger partial charge in [0.15, 0.2) is 5.78 Å². The molecule has 0 fully saturated rings. The first kappa shape index (κ1) is 13.8. The fourth-order valence-electron chi connectivity index (χ4n) is 1.11. The van der Waals surface area contributed by atoms with E-state index < -0.39 is 0 Å². The molecule has 0 N–H and O–H groups in total. The Morgan fingerprint density at radius 2 is 2.38 bits per heavy atom. The zero-order valence-corrected chi connectivity index (χ0v) is 11.8. The summed E-state index contributed by atoms with van der Waals surface area (Å²) in [5, 5.41) is 1.88. The van der Waals surface area contributed by atoms with E-state index in [0.717, 1.165) is 4.47 Å². The van der Waals surface area contributed by atoms with E-state index in [0.29, 0.717) is 18.1 Å². The molecule has 1 unspecified atom stereocenters. The standard InChI is InChI=1S/C11H15BrO3S/c1-3-14-6-8(2)15-7-10(13)11-9(12)4-5-16-11/h4-5,8H,3,6-7H2,1-2H3. The second kappa shape index (κ2) is 7.17. The third kappa shape index (κ3) is 4.33. The minimum atomic E-state index is -0.0531. The topological polar surface area (TPSA) is 35.5 Å². The van der Waals surface area contributed by atoms with Gasteiger partial charge >= 0.3 is 0 Å². The fraction of sp³-hybridized carbons (Fsp3) is 0.545. The molecule has 0 bridgehead atoms. The second-order valence-electron chi connectivity index (χ2n) is 3.30. The highest BCUT2D eigenvalue weighted by molar-refractivity contribution is 9.10. The molecule has 1 rings (SSSR count). The third-order valence-corrected chi connectivity index (χ3v) is 3.80. The van der Waals surface area contributed by atoms with Crippen LogP contribution in [0.15, 0.2) is 15.9 Å². The van der Waals surface area contributed by atoms with Gasteiger partial charge in [-0.15, -0.1) is 11.3 Å². The van der Waals surface area contributed by atoms with Crippen molar-refractivity contribution >= 4 is 33.0 Å². The van der Waals surface area contributed by atoms with E-state index in [1.165, 1.54) is 11.3 Å². The molecule has 0 saturated carbocycles. The summed E-state index contributed by atoms with van der Waals surface area (Å²) in [6, 6.07) is 1.86. The number of ether oxygens (including phenoxy) is 2. The van der Waals surface area contributed by atoms with Crippen LogP contribution in [0.1, 0.15) is 23.5 Å². The Hall–Kier alpha value is -0.230. The molecule has 1 atom stereocenters. The van der Waals surface area contributed by atoms with Gasteiger partial charge in [-0.3, -0.25) is 4.79 Å². The van der Waals surface area contributed by atoms with Crippen molar-refractivity contribution in [3.8, 4) is 0 Å². The molecule has 1 aromatic rings. The predicted octanol–water partition coefficient (Wildman–Crippen LogP) is 3.13. The number of Topliss-reactive ketones (excluding diaryl/α,β-unsaturated/α-hetero) is 1. The van der Waals surface area contributed by atoms with Gasteiger partial charge in [-0.2, -0.15) is 0 Å². The van der Waals surface area contributed by atoms with Crippen LogP contribution < -0.4 is 0 Å². The van der Waals surface area contributed by atoms with Crippen LogP contribution in [0, 0.1) is 0 Å². The van der Waals surface area contributed by atoms with Gasteiger partial charge < -0.3 is 9.47 Å². The average Bonchev–Trinajstić information content (AvgIpc) is 2.69. The number of hydrogen-bond donors (Lipinski definition) is 0. The van der Waals surface area contributed by atoms with Crippen LogP contribution in [0.4, 0.5) is 0 Å². The van der Waals surface area contributed by atoms with Gasteiger partial charge in [-0.05, 0) is 41.2 Å². The SMILES string of the molecule is CCOCC(C)OCC(=O)c1sccc1Br. The second-order valence-corrected chi connectivity index (χ2v) is 5.07. The summed E-state index contributed by atoms with van der Waals surface area (Å²) in [4.78, 5) is 12.4. The van der Waals surface area contributed by atoms with Crippen molar-refractivity contribution in [3.05, 3.63) is 20.8 Å². The molecular weight excluding hydrogens is 292 g/mol. The Bertz CT molecular complexity index is 338. The van der Waals surface area contributed by atoms with E-state index in [4.69, 9.17) is 9.47 Å². The maximum absolute atomic E-state index is 11.7. The highest BCUT2D eigenvalue weighted by Gasteiger charge is 2.13. The van der Waals surface area contributed by atoms with E-state index in [-0.39, 0.29) is 18.5 Å². The molecule has 0 aliphatic rings. The third-order valence-electron chi connectivity index (χ3n) is 1.93. The van der Waals surface area contributed by atoms with Crippen LogP contribution >= 0.6 is 27.3 Å². The quantitative estimate of drug-likeness (QED) is 0.726. The van der Waals surface area contributed by atoms with E-state index in [1.807, 2.05) is 25.3 Å². The average molecular weight is 307 g/mol. The van der Waals surface area contributed by atoms with Crippen molar-refractivity contribution in [1.82, 2.24) is 0 Å². The van der Waals surface area contributed by atoms with Gasteiger partial charge in [0.25, 0.3) is 0 Å². The molecule has 0 aliphatic carbocycles. The number of hydrogen-bond acceptors (Lipinski definition) is 4. The molecule has 1 heterocycles. The zero-order valence-electron chi connectivity index (χ0n) is 9.36. The van der Waals surface area contributed by atoms with E-state index >= 15 is 0 Å². The van der Waals surface area contributed by atoms with Crippen LogP contribution in [0.2, 0.25) is 0 Å². The summed E-state index contributed by atoms with van der Waals surface area (Å²) in [5.74, 6) is 0.00484. The maximum atomic E-state index is 11.7. The zero-order chi connectivity index (χ0) is 12.0. The molecule has 0 aliphatic heterocycles. The molecule has 0 amide bonds. The van der Waals surface area contributed by atoms with Crippen LogP contribution in [-0.4, -0.2) is 31.7 Å². The number of ketones is 1. The van der Waals surface area contributed by atoms with Crippen molar-refractivity contribution < 1.29 is 14.3 Å². The van der Waals surface area contributed by atoms with Crippen molar-refractivity contribution in [2.45, 2.75) is 20.0 Å². The molecule has 0 aromatic carbocycles. The Morgan fingerprint density at radius 1 is 1.62 bits per heavy atom. The molecule has 1 aromatic heterocycles. The molecule has 3 nitrogen and oxygen atoms in total. The van der Waals surface area contributed by atoms with Gasteiger partial charge in [-0.25, -0.2) is 0 Å². The van der Waals surface area contributed by atoms with E-state index in [2.05, 4.69) is 15.9 Å². The van der Waals surface area contributed by atoms with Gasteiger partial charge in [0.2, 0.25) is 0 Å². The highest BCUT2D eigenvalue weighted by Crippen LogP contribution is 2.23. The summed E-state index contributed by atoms with van der Waals surface area (Å²) >= 11 is 4.74. The fourth-order valence-corrected chi connectivity index (χ4v) is 2.63. The van der Waals surface area contributed by atoms with Gasteiger partial charge in [0.1, 0.15) is 6.61 Å². The Labute approximate surface area is 108 Å². The Morgan fingerprint density at radius 3 is 2.94 bits per heavy atom. The molecule has 0 spiro atoms. The Kier molecular flexibility index (Phi) is 6.20. The predicted molar refractivity (Wildman–Crippen MR) is 68.3 cm³/mol. The molecular formula is C11H15BrO3S. The maximum Gasteiger partial charge on any atom is 0.199 e. The lowest BCUT2D eigenvalue weighted by molar-refractivity contribution is 0.00125. The molecule has 90 valence electrons. The van der Waals surface area contributed by atoms with Crippen molar-refractivity contribution in [3.63, 3.8) is 0 Å². The van der Waals surface area contributed by atoms with Crippen LogP contribution in [0.3, 0.4) is 0 Å². The van der Waals surface area contributed by atoms with Crippen molar-refractivity contribution in [2.24, 2.45) is 0 Å². The molecule has 5 heteroatoms. The number of rotatable bonds is 7. The monoisotopic (exact) mass is 306 g/mol. The summed E-state index contributed by atoms with van der Waals surface area (Å²) in [7, 11) is 0. The minimum absolute atomic E-state index is 0.00484. The normalized spacial score (nSPS) is 12.7. The first-order valence-corrected chi connectivity index (χ1v) is 6.78. The molecule has 0 saturated heterocycles.